The van der Waals surface area contributed by atoms with Crippen LogP contribution in [0.15, 0.2) is 82.7 Å². The van der Waals surface area contributed by atoms with Crippen LogP contribution in [-0.2, 0) is 6.18 Å². The van der Waals surface area contributed by atoms with Gasteiger partial charge in [-0.25, -0.2) is 0 Å². The van der Waals surface area contributed by atoms with Crippen molar-refractivity contribution in [2.75, 3.05) is 0 Å². The minimum absolute atomic E-state index is 0.120. The maximum absolute atomic E-state index is 13.4. The van der Waals surface area contributed by atoms with Gasteiger partial charge in [0.15, 0.2) is 0 Å². The van der Waals surface area contributed by atoms with E-state index in [-0.39, 0.29) is 5.56 Å². The van der Waals surface area contributed by atoms with Crippen molar-refractivity contribution in [3.63, 3.8) is 0 Å². The zero-order valence-corrected chi connectivity index (χ0v) is 12.7. The zero-order chi connectivity index (χ0) is 16.3. The highest BCUT2D eigenvalue weighted by Gasteiger charge is 2.35. The van der Waals surface area contributed by atoms with Crippen molar-refractivity contribution in [3.05, 3.63) is 78.5 Å². The highest BCUT2D eigenvalue weighted by atomic mass is 32.2. The van der Waals surface area contributed by atoms with Gasteiger partial charge in [-0.2, -0.15) is 13.2 Å². The number of alkyl halides is 3. The van der Waals surface area contributed by atoms with E-state index < -0.39 is 11.7 Å². The standard InChI is InChI=1S/C18H12F3NS/c19-18(20,21)14-9-6-11-16(23-13-7-2-1-3-8-13)17(14)15-10-4-5-12-22-15/h1-12H. The Labute approximate surface area is 136 Å². The Morgan fingerprint density at radius 2 is 1.52 bits per heavy atom. The third kappa shape index (κ3) is 3.56. The second-order valence-corrected chi connectivity index (χ2v) is 5.92. The van der Waals surface area contributed by atoms with E-state index in [1.165, 1.54) is 24.0 Å². The predicted octanol–water partition coefficient (Wildman–Crippen LogP) is 5.92. The number of rotatable bonds is 3. The molecule has 0 saturated carbocycles. The number of halogens is 3. The quantitative estimate of drug-likeness (QED) is 0.591. The van der Waals surface area contributed by atoms with E-state index in [1.807, 2.05) is 30.3 Å². The molecule has 0 bridgehead atoms. The zero-order valence-electron chi connectivity index (χ0n) is 11.9. The SMILES string of the molecule is FC(F)(F)c1cccc(Sc2ccccc2)c1-c1ccccn1. The molecule has 0 unspecified atom stereocenters. The molecule has 0 radical (unpaired) electrons. The molecule has 3 aromatic rings. The van der Waals surface area contributed by atoms with E-state index in [0.717, 1.165) is 11.0 Å². The highest BCUT2D eigenvalue weighted by molar-refractivity contribution is 7.99. The Morgan fingerprint density at radius 3 is 2.17 bits per heavy atom. The fourth-order valence-corrected chi connectivity index (χ4v) is 3.25. The van der Waals surface area contributed by atoms with Crippen LogP contribution in [0.4, 0.5) is 13.2 Å². The Hall–Kier alpha value is -2.27. The van der Waals surface area contributed by atoms with Crippen LogP contribution in [0.25, 0.3) is 11.3 Å². The number of nitrogens with zero attached hydrogens (tertiary/aromatic N) is 1. The summed E-state index contributed by atoms with van der Waals surface area (Å²) in [4.78, 5) is 5.52. The average Bonchev–Trinajstić information content (AvgIpc) is 2.56. The molecule has 1 nitrogen and oxygen atoms in total. The lowest BCUT2D eigenvalue weighted by molar-refractivity contribution is -0.137. The summed E-state index contributed by atoms with van der Waals surface area (Å²) in [7, 11) is 0. The maximum atomic E-state index is 13.4. The molecule has 0 fully saturated rings. The summed E-state index contributed by atoms with van der Waals surface area (Å²) in [5, 5.41) is 0. The van der Waals surface area contributed by atoms with Gasteiger partial charge in [-0.3, -0.25) is 4.98 Å². The summed E-state index contributed by atoms with van der Waals surface area (Å²) >= 11 is 1.30. The summed E-state index contributed by atoms with van der Waals surface area (Å²) < 4.78 is 40.2. The first-order valence-corrected chi connectivity index (χ1v) is 7.72. The topological polar surface area (TPSA) is 12.9 Å². The van der Waals surface area contributed by atoms with Crippen molar-refractivity contribution in [1.29, 1.82) is 0 Å². The lowest BCUT2D eigenvalue weighted by Gasteiger charge is -2.16. The van der Waals surface area contributed by atoms with Crippen molar-refractivity contribution in [2.45, 2.75) is 16.0 Å². The highest BCUT2D eigenvalue weighted by Crippen LogP contribution is 2.43. The molecule has 0 aliphatic heterocycles. The fraction of sp³-hybridized carbons (Fsp3) is 0.0556. The lowest BCUT2D eigenvalue weighted by atomic mass is 10.0. The first-order valence-electron chi connectivity index (χ1n) is 6.90. The summed E-state index contributed by atoms with van der Waals surface area (Å²) in [6, 6.07) is 18.5. The molecule has 5 heteroatoms. The smallest absolute Gasteiger partial charge is 0.256 e. The molecule has 2 aromatic carbocycles. The third-order valence-corrected chi connectivity index (χ3v) is 4.29. The summed E-state index contributed by atoms with van der Waals surface area (Å²) in [5.41, 5.74) is -0.231. The van der Waals surface area contributed by atoms with Crippen LogP contribution >= 0.6 is 11.8 Å². The average molecular weight is 331 g/mol. The molecule has 1 heterocycles. The fourth-order valence-electron chi connectivity index (χ4n) is 2.24. The van der Waals surface area contributed by atoms with E-state index in [0.29, 0.717) is 10.6 Å². The van der Waals surface area contributed by atoms with Gasteiger partial charge in [-0.05, 0) is 36.4 Å². The summed E-state index contributed by atoms with van der Waals surface area (Å²) in [6.45, 7) is 0. The molecule has 0 aliphatic rings. The van der Waals surface area contributed by atoms with Gasteiger partial charge in [-0.1, -0.05) is 42.1 Å². The van der Waals surface area contributed by atoms with E-state index in [9.17, 15) is 13.2 Å². The van der Waals surface area contributed by atoms with Crippen LogP contribution in [0.1, 0.15) is 5.56 Å². The van der Waals surface area contributed by atoms with E-state index in [4.69, 9.17) is 0 Å². The molecule has 0 aliphatic carbocycles. The third-order valence-electron chi connectivity index (χ3n) is 3.22. The molecular weight excluding hydrogens is 319 g/mol. The molecule has 0 spiro atoms. The van der Waals surface area contributed by atoms with Gasteiger partial charge >= 0.3 is 6.18 Å². The van der Waals surface area contributed by atoms with Crippen molar-refractivity contribution in [3.8, 4) is 11.3 Å². The Balaban J connectivity index is 2.16. The Bertz CT molecular complexity index is 786. The van der Waals surface area contributed by atoms with Gasteiger partial charge in [0.1, 0.15) is 0 Å². The van der Waals surface area contributed by atoms with E-state index in [2.05, 4.69) is 4.98 Å². The summed E-state index contributed by atoms with van der Waals surface area (Å²) in [6.07, 6.45) is -2.93. The van der Waals surface area contributed by atoms with Crippen molar-refractivity contribution < 1.29 is 13.2 Å². The number of benzene rings is 2. The van der Waals surface area contributed by atoms with Gasteiger partial charge in [0, 0.05) is 21.6 Å². The normalized spacial score (nSPS) is 11.4. The number of hydrogen-bond donors (Lipinski definition) is 0. The van der Waals surface area contributed by atoms with Gasteiger partial charge in [0.25, 0.3) is 0 Å². The molecule has 116 valence electrons. The molecule has 0 amide bonds. The molecule has 23 heavy (non-hydrogen) atoms. The molecule has 3 rings (SSSR count). The molecule has 0 atom stereocenters. The minimum Gasteiger partial charge on any atom is -0.256 e. The number of hydrogen-bond acceptors (Lipinski definition) is 2. The number of aromatic nitrogens is 1. The van der Waals surface area contributed by atoms with Crippen LogP contribution in [0.2, 0.25) is 0 Å². The largest absolute Gasteiger partial charge is 0.417 e. The van der Waals surface area contributed by atoms with Crippen molar-refractivity contribution >= 4 is 11.8 Å². The Morgan fingerprint density at radius 1 is 0.783 bits per heavy atom. The van der Waals surface area contributed by atoms with Crippen molar-refractivity contribution in [1.82, 2.24) is 4.98 Å². The first-order chi connectivity index (χ1) is 11.1. The molecular formula is C18H12F3NS. The van der Waals surface area contributed by atoms with Crippen LogP contribution < -0.4 is 0 Å². The summed E-state index contributed by atoms with van der Waals surface area (Å²) in [5.74, 6) is 0. The van der Waals surface area contributed by atoms with E-state index >= 15 is 0 Å². The molecule has 0 N–H and O–H groups in total. The van der Waals surface area contributed by atoms with Crippen molar-refractivity contribution in [2.24, 2.45) is 0 Å². The van der Waals surface area contributed by atoms with Gasteiger partial charge in [0.05, 0.1) is 11.3 Å². The minimum atomic E-state index is -4.43. The maximum Gasteiger partial charge on any atom is 0.417 e. The monoisotopic (exact) mass is 331 g/mol. The lowest BCUT2D eigenvalue weighted by Crippen LogP contribution is -2.08. The van der Waals surface area contributed by atoms with Gasteiger partial charge in [0.2, 0.25) is 0 Å². The predicted molar refractivity (Wildman–Crippen MR) is 85.2 cm³/mol. The van der Waals surface area contributed by atoms with Gasteiger partial charge < -0.3 is 0 Å². The van der Waals surface area contributed by atoms with Crippen LogP contribution in [0.5, 0.6) is 0 Å². The van der Waals surface area contributed by atoms with Crippen LogP contribution in [0, 0.1) is 0 Å². The van der Waals surface area contributed by atoms with E-state index in [1.54, 1.807) is 24.3 Å². The second kappa shape index (κ2) is 6.46. The van der Waals surface area contributed by atoms with Crippen LogP contribution in [0.3, 0.4) is 0 Å². The Kier molecular flexibility index (Phi) is 4.39. The molecule has 1 aromatic heterocycles. The second-order valence-electron chi connectivity index (χ2n) is 4.81. The van der Waals surface area contributed by atoms with Crippen LogP contribution in [-0.4, -0.2) is 4.98 Å². The van der Waals surface area contributed by atoms with Gasteiger partial charge in [-0.15, -0.1) is 0 Å². The first kappa shape index (κ1) is 15.6. The molecule has 0 saturated heterocycles. The number of pyridine rings is 1.